The van der Waals surface area contributed by atoms with Gasteiger partial charge in [0.05, 0.1) is 19.0 Å². The van der Waals surface area contributed by atoms with E-state index < -0.39 is 11.8 Å². The Morgan fingerprint density at radius 3 is 2.72 bits per heavy atom. The zero-order chi connectivity index (χ0) is 20.5. The standard InChI is InChI=1S/C21H18ClN3O4/c22-19-9-2-1-6-16(19)14-29-17-7-3-5-15(11-17)12-24-25-21(27)20(26)23-13-18-8-4-10-28-18/h1-12H,13-14H2,(H,23,26)(H,25,27)/b24-12-. The van der Waals surface area contributed by atoms with Crippen molar-refractivity contribution in [2.24, 2.45) is 5.10 Å². The maximum atomic E-state index is 11.7. The molecule has 2 aromatic carbocycles. The van der Waals surface area contributed by atoms with E-state index in [1.807, 2.05) is 18.2 Å². The second-order valence-electron chi connectivity index (χ2n) is 5.91. The van der Waals surface area contributed by atoms with E-state index in [0.717, 1.165) is 5.56 Å². The summed E-state index contributed by atoms with van der Waals surface area (Å²) in [5, 5.41) is 6.86. The van der Waals surface area contributed by atoms with Crippen LogP contribution >= 0.6 is 11.6 Å². The molecule has 0 aliphatic carbocycles. The summed E-state index contributed by atoms with van der Waals surface area (Å²) < 4.78 is 10.8. The lowest BCUT2D eigenvalue weighted by molar-refractivity contribution is -0.139. The van der Waals surface area contributed by atoms with E-state index in [9.17, 15) is 9.59 Å². The van der Waals surface area contributed by atoms with E-state index in [1.54, 1.807) is 42.5 Å². The van der Waals surface area contributed by atoms with E-state index in [-0.39, 0.29) is 6.54 Å². The second kappa shape index (κ2) is 10.1. The van der Waals surface area contributed by atoms with Crippen molar-refractivity contribution >= 4 is 29.6 Å². The first kappa shape index (κ1) is 20.2. The van der Waals surface area contributed by atoms with Crippen LogP contribution in [0.15, 0.2) is 76.4 Å². The molecule has 1 heterocycles. The summed E-state index contributed by atoms with van der Waals surface area (Å²) in [4.78, 5) is 23.5. The van der Waals surface area contributed by atoms with Gasteiger partial charge in [0.1, 0.15) is 18.1 Å². The SMILES string of the molecule is O=C(NCc1ccco1)C(=O)N/N=C\c1cccc(OCc2ccccc2Cl)c1. The molecule has 29 heavy (non-hydrogen) atoms. The van der Waals surface area contributed by atoms with Gasteiger partial charge in [-0.15, -0.1) is 0 Å². The number of halogens is 1. The van der Waals surface area contributed by atoms with Crippen LogP contribution in [0, 0.1) is 0 Å². The number of nitrogens with zero attached hydrogens (tertiary/aromatic N) is 1. The minimum atomic E-state index is -0.876. The van der Waals surface area contributed by atoms with Crippen LogP contribution in [0.3, 0.4) is 0 Å². The van der Waals surface area contributed by atoms with E-state index in [0.29, 0.717) is 28.7 Å². The molecule has 148 valence electrons. The summed E-state index contributed by atoms with van der Waals surface area (Å²) >= 11 is 6.12. The lowest BCUT2D eigenvalue weighted by Gasteiger charge is -2.08. The molecule has 1 aromatic heterocycles. The highest BCUT2D eigenvalue weighted by Crippen LogP contribution is 2.19. The maximum Gasteiger partial charge on any atom is 0.329 e. The van der Waals surface area contributed by atoms with Gasteiger partial charge in [-0.2, -0.15) is 5.10 Å². The summed E-state index contributed by atoms with van der Waals surface area (Å²) in [5.74, 6) is -0.519. The average molecular weight is 412 g/mol. The van der Waals surface area contributed by atoms with Crippen molar-refractivity contribution < 1.29 is 18.7 Å². The van der Waals surface area contributed by atoms with Gasteiger partial charge in [-0.05, 0) is 35.9 Å². The molecule has 0 saturated carbocycles. The molecule has 8 heteroatoms. The number of hydrogen-bond donors (Lipinski definition) is 2. The molecule has 3 aromatic rings. The molecule has 0 aliphatic heterocycles. The zero-order valence-corrected chi connectivity index (χ0v) is 16.1. The third-order valence-electron chi connectivity index (χ3n) is 3.80. The monoisotopic (exact) mass is 411 g/mol. The summed E-state index contributed by atoms with van der Waals surface area (Å²) in [6.07, 6.45) is 2.90. The highest BCUT2D eigenvalue weighted by atomic mass is 35.5. The first-order valence-electron chi connectivity index (χ1n) is 8.72. The first-order valence-corrected chi connectivity index (χ1v) is 9.09. The maximum absolute atomic E-state index is 11.7. The Hall–Kier alpha value is -3.58. The van der Waals surface area contributed by atoms with Crippen molar-refractivity contribution in [3.8, 4) is 5.75 Å². The van der Waals surface area contributed by atoms with Gasteiger partial charge in [0, 0.05) is 10.6 Å². The number of ether oxygens (including phenoxy) is 1. The fourth-order valence-corrected chi connectivity index (χ4v) is 2.53. The smallest absolute Gasteiger partial charge is 0.329 e. The number of hydrazone groups is 1. The number of rotatable bonds is 7. The molecule has 0 radical (unpaired) electrons. The molecule has 0 saturated heterocycles. The Kier molecular flexibility index (Phi) is 7.02. The summed E-state index contributed by atoms with van der Waals surface area (Å²) in [7, 11) is 0. The molecule has 2 amide bonds. The molecule has 0 atom stereocenters. The van der Waals surface area contributed by atoms with E-state index >= 15 is 0 Å². The molecule has 0 aliphatic rings. The van der Waals surface area contributed by atoms with Gasteiger partial charge in [0.15, 0.2) is 0 Å². The van der Waals surface area contributed by atoms with E-state index in [2.05, 4.69) is 15.8 Å². The molecule has 0 fully saturated rings. The van der Waals surface area contributed by atoms with Crippen molar-refractivity contribution in [1.82, 2.24) is 10.7 Å². The largest absolute Gasteiger partial charge is 0.489 e. The summed E-state index contributed by atoms with van der Waals surface area (Å²) in [6.45, 7) is 0.445. The van der Waals surface area contributed by atoms with Crippen molar-refractivity contribution in [1.29, 1.82) is 0 Å². The Bertz CT molecular complexity index is 1000. The van der Waals surface area contributed by atoms with Crippen molar-refractivity contribution in [3.63, 3.8) is 0 Å². The van der Waals surface area contributed by atoms with Gasteiger partial charge in [0.2, 0.25) is 0 Å². The molecule has 2 N–H and O–H groups in total. The van der Waals surface area contributed by atoms with Crippen molar-refractivity contribution in [3.05, 3.63) is 88.8 Å². The lowest BCUT2D eigenvalue weighted by Crippen LogP contribution is -2.37. The molecule has 0 unspecified atom stereocenters. The predicted octanol–water partition coefficient (Wildman–Crippen LogP) is 3.28. The normalized spacial score (nSPS) is 10.7. The Morgan fingerprint density at radius 1 is 1.07 bits per heavy atom. The van der Waals surface area contributed by atoms with Crippen LogP contribution < -0.4 is 15.5 Å². The molecule has 3 rings (SSSR count). The van der Waals surface area contributed by atoms with Crippen LogP contribution in [-0.2, 0) is 22.7 Å². The number of carbonyl (C=O) groups excluding carboxylic acids is 2. The third-order valence-corrected chi connectivity index (χ3v) is 4.17. The topological polar surface area (TPSA) is 92.9 Å². The van der Waals surface area contributed by atoms with Crippen LogP contribution in [0.4, 0.5) is 0 Å². The third kappa shape index (κ3) is 6.22. The van der Waals surface area contributed by atoms with Crippen LogP contribution in [-0.4, -0.2) is 18.0 Å². The van der Waals surface area contributed by atoms with E-state index in [1.165, 1.54) is 12.5 Å². The van der Waals surface area contributed by atoms with Crippen LogP contribution in [0.5, 0.6) is 5.75 Å². The minimum Gasteiger partial charge on any atom is -0.489 e. The number of amides is 2. The van der Waals surface area contributed by atoms with Gasteiger partial charge in [-0.1, -0.05) is 41.9 Å². The Balaban J connectivity index is 1.48. The number of furan rings is 1. The van der Waals surface area contributed by atoms with Gasteiger partial charge in [-0.25, -0.2) is 5.43 Å². The lowest BCUT2D eigenvalue weighted by atomic mass is 10.2. The number of benzene rings is 2. The van der Waals surface area contributed by atoms with E-state index in [4.69, 9.17) is 20.8 Å². The molecule has 0 spiro atoms. The van der Waals surface area contributed by atoms with Crippen molar-refractivity contribution in [2.75, 3.05) is 0 Å². The van der Waals surface area contributed by atoms with Gasteiger partial charge >= 0.3 is 11.8 Å². The van der Waals surface area contributed by atoms with Gasteiger partial charge in [0.25, 0.3) is 0 Å². The Morgan fingerprint density at radius 2 is 1.93 bits per heavy atom. The quantitative estimate of drug-likeness (QED) is 0.354. The van der Waals surface area contributed by atoms with Gasteiger partial charge < -0.3 is 14.5 Å². The molecular formula is C21H18ClN3O4. The fourth-order valence-electron chi connectivity index (χ4n) is 2.34. The van der Waals surface area contributed by atoms with Crippen LogP contribution in [0.2, 0.25) is 5.02 Å². The fraction of sp³-hybridized carbons (Fsp3) is 0.0952. The predicted molar refractivity (Wildman–Crippen MR) is 109 cm³/mol. The van der Waals surface area contributed by atoms with Gasteiger partial charge in [-0.3, -0.25) is 9.59 Å². The first-order chi connectivity index (χ1) is 14.1. The Labute approximate surface area is 172 Å². The minimum absolute atomic E-state index is 0.119. The van der Waals surface area contributed by atoms with Crippen LogP contribution in [0.1, 0.15) is 16.9 Å². The highest BCUT2D eigenvalue weighted by molar-refractivity contribution is 6.35. The molecular weight excluding hydrogens is 394 g/mol. The zero-order valence-electron chi connectivity index (χ0n) is 15.3. The second-order valence-corrected chi connectivity index (χ2v) is 6.32. The van der Waals surface area contributed by atoms with Crippen LogP contribution in [0.25, 0.3) is 0 Å². The molecule has 7 nitrogen and oxygen atoms in total. The number of nitrogens with one attached hydrogen (secondary N) is 2. The summed E-state index contributed by atoms with van der Waals surface area (Å²) in [6, 6.07) is 18.0. The average Bonchev–Trinajstić information content (AvgIpc) is 3.25. The summed E-state index contributed by atoms with van der Waals surface area (Å²) in [5.41, 5.74) is 3.74. The van der Waals surface area contributed by atoms with Crippen molar-refractivity contribution in [2.45, 2.75) is 13.2 Å². The molecule has 0 bridgehead atoms. The highest BCUT2D eigenvalue weighted by Gasteiger charge is 2.12. The number of carbonyl (C=O) groups is 2. The number of hydrogen-bond acceptors (Lipinski definition) is 5.